The van der Waals surface area contributed by atoms with Crippen molar-refractivity contribution in [3.63, 3.8) is 0 Å². The van der Waals surface area contributed by atoms with Gasteiger partial charge in [-0.3, -0.25) is 19.1 Å². The zero-order chi connectivity index (χ0) is 27.7. The first-order chi connectivity index (χ1) is 18.8. The molecule has 9 heteroatoms. The fraction of sp³-hybridized carbons (Fsp3) is 0.500. The van der Waals surface area contributed by atoms with E-state index in [1.54, 1.807) is 17.7 Å². The molecule has 208 valence electrons. The second-order valence-electron chi connectivity index (χ2n) is 11.1. The number of hydrogen-bond acceptors (Lipinski definition) is 5. The molecule has 0 atom stereocenters. The number of amides is 2. The van der Waals surface area contributed by atoms with Gasteiger partial charge < -0.3 is 19.9 Å². The summed E-state index contributed by atoms with van der Waals surface area (Å²) in [5, 5.41) is 3.03. The highest BCUT2D eigenvalue weighted by atomic mass is 16.5. The van der Waals surface area contributed by atoms with Crippen LogP contribution in [0.3, 0.4) is 0 Å². The number of H-pyrrole nitrogens is 1. The Labute approximate surface area is 229 Å². The van der Waals surface area contributed by atoms with Gasteiger partial charge in [0.25, 0.3) is 5.91 Å². The van der Waals surface area contributed by atoms with E-state index in [0.717, 1.165) is 48.4 Å². The van der Waals surface area contributed by atoms with Crippen LogP contribution in [0.4, 0.5) is 5.69 Å². The maximum atomic E-state index is 13.4. The Balaban J connectivity index is 1.27. The Morgan fingerprint density at radius 2 is 1.74 bits per heavy atom. The van der Waals surface area contributed by atoms with Crippen LogP contribution >= 0.6 is 0 Å². The summed E-state index contributed by atoms with van der Waals surface area (Å²) in [6.45, 7) is 9.38. The molecule has 0 radical (unpaired) electrons. The number of fused-ring (bicyclic) bond motifs is 1. The summed E-state index contributed by atoms with van der Waals surface area (Å²) in [6.07, 6.45) is 2.82. The van der Waals surface area contributed by atoms with E-state index in [2.05, 4.69) is 29.0 Å². The minimum atomic E-state index is -0.200. The average Bonchev–Trinajstić information content (AvgIpc) is 3.29. The summed E-state index contributed by atoms with van der Waals surface area (Å²) >= 11 is 0. The Morgan fingerprint density at radius 1 is 1.03 bits per heavy atom. The standard InChI is InChI=1S/C30H39N5O4/c1-19(2)33-14-16-34(17-15-33)29(37)24-6-5-7-25-27(24)32-30(38)35(25)23-12-9-21(10-13-23)28(36)31-22-11-8-20(3)26(18-22)39-4/h5-8,11,18-19,21,23H,9-10,12-17H2,1-4H3,(H,31,36)(H,32,38). The number of ether oxygens (including phenoxy) is 1. The summed E-state index contributed by atoms with van der Waals surface area (Å²) in [6, 6.07) is 11.7. The molecule has 1 aliphatic heterocycles. The van der Waals surface area contributed by atoms with Crippen molar-refractivity contribution in [3.05, 3.63) is 58.0 Å². The van der Waals surface area contributed by atoms with Crippen molar-refractivity contribution < 1.29 is 14.3 Å². The smallest absolute Gasteiger partial charge is 0.326 e. The van der Waals surface area contributed by atoms with Gasteiger partial charge in [-0.1, -0.05) is 12.1 Å². The normalized spacial score (nSPS) is 20.4. The van der Waals surface area contributed by atoms with Gasteiger partial charge in [0.05, 0.1) is 23.7 Å². The largest absolute Gasteiger partial charge is 0.496 e. The Hall–Kier alpha value is -3.59. The van der Waals surface area contributed by atoms with Crippen LogP contribution in [0.15, 0.2) is 41.2 Å². The number of carbonyl (C=O) groups is 2. The lowest BCUT2D eigenvalue weighted by Crippen LogP contribution is -2.50. The minimum Gasteiger partial charge on any atom is -0.496 e. The quantitative estimate of drug-likeness (QED) is 0.495. The third kappa shape index (κ3) is 5.45. The van der Waals surface area contributed by atoms with E-state index in [1.807, 2.05) is 42.2 Å². The molecule has 2 fully saturated rings. The maximum absolute atomic E-state index is 13.4. The van der Waals surface area contributed by atoms with Crippen LogP contribution in [0.25, 0.3) is 11.0 Å². The second kappa shape index (κ2) is 11.3. The number of benzene rings is 2. The van der Waals surface area contributed by atoms with Crippen LogP contribution in [0.1, 0.15) is 61.5 Å². The number of aryl methyl sites for hydroxylation is 1. The number of aromatic nitrogens is 2. The molecule has 39 heavy (non-hydrogen) atoms. The Kier molecular flexibility index (Phi) is 7.79. The van der Waals surface area contributed by atoms with Crippen molar-refractivity contribution in [3.8, 4) is 5.75 Å². The summed E-state index contributed by atoms with van der Waals surface area (Å²) in [5.74, 6) is 0.587. The van der Waals surface area contributed by atoms with Crippen LogP contribution in [-0.4, -0.2) is 70.5 Å². The predicted octanol–water partition coefficient (Wildman–Crippen LogP) is 4.18. The molecule has 9 nitrogen and oxygen atoms in total. The fourth-order valence-corrected chi connectivity index (χ4v) is 6.04. The van der Waals surface area contributed by atoms with E-state index < -0.39 is 0 Å². The third-order valence-electron chi connectivity index (χ3n) is 8.42. The number of methoxy groups -OCH3 is 1. The van der Waals surface area contributed by atoms with Gasteiger partial charge >= 0.3 is 5.69 Å². The minimum absolute atomic E-state index is 0.00363. The topological polar surface area (TPSA) is 99.7 Å². The van der Waals surface area contributed by atoms with E-state index in [4.69, 9.17) is 4.74 Å². The molecular weight excluding hydrogens is 494 g/mol. The van der Waals surface area contributed by atoms with Gasteiger partial charge in [0.2, 0.25) is 5.91 Å². The summed E-state index contributed by atoms with van der Waals surface area (Å²) < 4.78 is 7.17. The third-order valence-corrected chi connectivity index (χ3v) is 8.42. The first-order valence-electron chi connectivity index (χ1n) is 14.0. The molecule has 2 aromatic carbocycles. The summed E-state index contributed by atoms with van der Waals surface area (Å²) in [4.78, 5) is 46.8. The van der Waals surface area contributed by atoms with Crippen LogP contribution in [0.5, 0.6) is 5.75 Å². The van der Waals surface area contributed by atoms with Gasteiger partial charge in [0.1, 0.15) is 5.75 Å². The maximum Gasteiger partial charge on any atom is 0.326 e. The number of nitrogens with zero attached hydrogens (tertiary/aromatic N) is 3. The molecule has 0 bridgehead atoms. The molecule has 1 saturated carbocycles. The SMILES string of the molecule is COc1cc(NC(=O)C2CCC(n3c(=O)[nH]c4c(C(=O)N5CCN(C(C)C)CC5)cccc43)CC2)ccc1C. The Morgan fingerprint density at radius 3 is 2.41 bits per heavy atom. The van der Waals surface area contributed by atoms with Gasteiger partial charge in [0.15, 0.2) is 0 Å². The first kappa shape index (κ1) is 27.0. The van der Waals surface area contributed by atoms with Crippen molar-refractivity contribution in [2.45, 2.75) is 58.5 Å². The predicted molar refractivity (Wildman–Crippen MR) is 153 cm³/mol. The number of imidazole rings is 1. The molecule has 0 spiro atoms. The molecule has 2 N–H and O–H groups in total. The average molecular weight is 534 g/mol. The van der Waals surface area contributed by atoms with E-state index in [-0.39, 0.29) is 29.5 Å². The van der Waals surface area contributed by atoms with Gasteiger partial charge in [-0.2, -0.15) is 0 Å². The van der Waals surface area contributed by atoms with E-state index >= 15 is 0 Å². The van der Waals surface area contributed by atoms with Crippen molar-refractivity contribution in [1.29, 1.82) is 0 Å². The van der Waals surface area contributed by atoms with Crippen LogP contribution in [-0.2, 0) is 4.79 Å². The number of carbonyl (C=O) groups excluding carboxylic acids is 2. The lowest BCUT2D eigenvalue weighted by atomic mass is 9.85. The van der Waals surface area contributed by atoms with Crippen LogP contribution < -0.4 is 15.7 Å². The first-order valence-corrected chi connectivity index (χ1v) is 14.0. The molecule has 1 saturated heterocycles. The van der Waals surface area contributed by atoms with Crippen LogP contribution in [0.2, 0.25) is 0 Å². The number of anilines is 1. The number of hydrogen-bond donors (Lipinski definition) is 2. The van der Waals surface area contributed by atoms with E-state index in [9.17, 15) is 14.4 Å². The van der Waals surface area contributed by atoms with E-state index in [1.165, 1.54) is 0 Å². The lowest BCUT2D eigenvalue weighted by Gasteiger charge is -2.37. The zero-order valence-corrected chi connectivity index (χ0v) is 23.3. The highest BCUT2D eigenvalue weighted by Crippen LogP contribution is 2.34. The molecule has 2 heterocycles. The summed E-state index contributed by atoms with van der Waals surface area (Å²) in [5.41, 5.74) is 3.44. The van der Waals surface area contributed by atoms with Crippen molar-refractivity contribution >= 4 is 28.5 Å². The number of nitrogens with one attached hydrogen (secondary N) is 2. The number of para-hydroxylation sites is 1. The lowest BCUT2D eigenvalue weighted by molar-refractivity contribution is -0.121. The molecular formula is C30H39N5O4. The molecule has 3 aromatic rings. The van der Waals surface area contributed by atoms with Gasteiger partial charge in [-0.05, 0) is 70.2 Å². The van der Waals surface area contributed by atoms with Crippen LogP contribution in [0, 0.1) is 12.8 Å². The molecule has 2 amide bonds. The second-order valence-corrected chi connectivity index (χ2v) is 11.1. The van der Waals surface area contributed by atoms with E-state index in [0.29, 0.717) is 43.1 Å². The van der Waals surface area contributed by atoms with Gasteiger partial charge in [0, 0.05) is 55.9 Å². The molecule has 5 rings (SSSR count). The molecule has 0 unspecified atom stereocenters. The molecule has 2 aliphatic rings. The van der Waals surface area contributed by atoms with Crippen molar-refractivity contribution in [2.24, 2.45) is 5.92 Å². The Bertz CT molecular complexity index is 1410. The van der Waals surface area contributed by atoms with Gasteiger partial charge in [-0.15, -0.1) is 0 Å². The number of piperazine rings is 1. The van der Waals surface area contributed by atoms with Crippen molar-refractivity contribution in [2.75, 3.05) is 38.6 Å². The molecule has 1 aliphatic carbocycles. The zero-order valence-electron chi connectivity index (χ0n) is 23.3. The van der Waals surface area contributed by atoms with Crippen molar-refractivity contribution in [1.82, 2.24) is 19.4 Å². The monoisotopic (exact) mass is 533 g/mol. The number of rotatable bonds is 6. The number of aromatic amines is 1. The fourth-order valence-electron chi connectivity index (χ4n) is 6.04. The van der Waals surface area contributed by atoms with Gasteiger partial charge in [-0.25, -0.2) is 4.79 Å². The highest BCUT2D eigenvalue weighted by Gasteiger charge is 2.30. The highest BCUT2D eigenvalue weighted by molar-refractivity contribution is 6.05. The molecule has 1 aromatic heterocycles. The summed E-state index contributed by atoms with van der Waals surface area (Å²) in [7, 11) is 1.62.